The quantitative estimate of drug-likeness (QED) is 0.422. The Morgan fingerprint density at radius 2 is 1.50 bits per heavy atom. The van der Waals surface area contributed by atoms with Crippen LogP contribution in [0.25, 0.3) is 21.5 Å². The van der Waals surface area contributed by atoms with Crippen LogP contribution in [0.15, 0.2) is 54.6 Å². The Bertz CT molecular complexity index is 735. The van der Waals surface area contributed by atoms with E-state index >= 15 is 0 Å². The molecule has 82 valence electrons. The number of carboxylic acids is 1. The van der Waals surface area contributed by atoms with Crippen LogP contribution in [-0.2, 0) is 0 Å². The molecule has 18 heavy (non-hydrogen) atoms. The molecule has 0 heterocycles. The number of carboxylic acid groups (broad SMARTS) is 1. The average Bonchev–Trinajstić information content (AvgIpc) is 2.37. The number of rotatable bonds is 1. The molecule has 3 aromatic rings. The van der Waals surface area contributed by atoms with Crippen LogP contribution < -0.4 is 34.7 Å². The minimum atomic E-state index is -1.13. The van der Waals surface area contributed by atoms with Gasteiger partial charge in [0, 0.05) is 5.56 Å². The van der Waals surface area contributed by atoms with Gasteiger partial charge in [-0.05, 0) is 21.5 Å². The van der Waals surface area contributed by atoms with Gasteiger partial charge in [0.05, 0.1) is 5.97 Å². The van der Waals surface area contributed by atoms with E-state index in [1.54, 1.807) is 12.1 Å². The maximum atomic E-state index is 11.0. The number of fused-ring (bicyclic) bond motifs is 3. The predicted molar refractivity (Wildman–Crippen MR) is 65.8 cm³/mol. The van der Waals surface area contributed by atoms with Crippen molar-refractivity contribution in [1.29, 1.82) is 0 Å². The summed E-state index contributed by atoms with van der Waals surface area (Å²) in [5.41, 5.74) is 0.244. The van der Waals surface area contributed by atoms with Crippen molar-refractivity contribution >= 4 is 27.5 Å². The fraction of sp³-hybridized carbons (Fsp3) is 0. The van der Waals surface area contributed by atoms with Crippen molar-refractivity contribution in [2.75, 3.05) is 0 Å². The Morgan fingerprint density at radius 1 is 0.778 bits per heavy atom. The zero-order valence-electron chi connectivity index (χ0n) is 10.0. The predicted octanol–water partition coefficient (Wildman–Crippen LogP) is -0.640. The number of benzene rings is 3. The molecule has 0 unspecified atom stereocenters. The SMILES string of the molecule is O=C([O-])c1cccc2c1ccc1ccccc12.[Na+]. The third-order valence-corrected chi connectivity index (χ3v) is 3.01. The topological polar surface area (TPSA) is 40.1 Å². The second-order valence-electron chi connectivity index (χ2n) is 3.97. The summed E-state index contributed by atoms with van der Waals surface area (Å²) in [4.78, 5) is 11.0. The van der Waals surface area contributed by atoms with E-state index in [4.69, 9.17) is 0 Å². The van der Waals surface area contributed by atoms with Gasteiger partial charge in [-0.3, -0.25) is 0 Å². The van der Waals surface area contributed by atoms with Gasteiger partial charge in [0.25, 0.3) is 0 Å². The third kappa shape index (κ3) is 2.03. The van der Waals surface area contributed by atoms with Crippen LogP contribution in [-0.4, -0.2) is 5.97 Å². The summed E-state index contributed by atoms with van der Waals surface area (Å²) in [5, 5.41) is 14.9. The molecule has 0 aromatic heterocycles. The van der Waals surface area contributed by atoms with Gasteiger partial charge in [0.15, 0.2) is 0 Å². The maximum Gasteiger partial charge on any atom is 1.00 e. The first kappa shape index (κ1) is 13.1. The van der Waals surface area contributed by atoms with Gasteiger partial charge >= 0.3 is 29.6 Å². The van der Waals surface area contributed by atoms with Crippen molar-refractivity contribution in [3.63, 3.8) is 0 Å². The molecule has 0 N–H and O–H groups in total. The largest absolute Gasteiger partial charge is 1.00 e. The summed E-state index contributed by atoms with van der Waals surface area (Å²) in [6.45, 7) is 0. The second-order valence-corrected chi connectivity index (χ2v) is 3.97. The molecule has 3 aromatic carbocycles. The summed E-state index contributed by atoms with van der Waals surface area (Å²) in [6, 6.07) is 17.0. The molecule has 0 spiro atoms. The van der Waals surface area contributed by atoms with Crippen LogP contribution in [0.2, 0.25) is 0 Å². The van der Waals surface area contributed by atoms with Gasteiger partial charge in [-0.25, -0.2) is 0 Å². The molecule has 0 bridgehead atoms. The van der Waals surface area contributed by atoms with Gasteiger partial charge in [0.1, 0.15) is 0 Å². The molecule has 0 aliphatic heterocycles. The minimum absolute atomic E-state index is 0. The Hall–Kier alpha value is -1.35. The molecule has 0 fully saturated rings. The van der Waals surface area contributed by atoms with Gasteiger partial charge in [-0.1, -0.05) is 54.6 Å². The van der Waals surface area contributed by atoms with Gasteiger partial charge in [-0.15, -0.1) is 0 Å². The minimum Gasteiger partial charge on any atom is -0.545 e. The van der Waals surface area contributed by atoms with Crippen LogP contribution in [0.5, 0.6) is 0 Å². The molecule has 3 rings (SSSR count). The maximum absolute atomic E-state index is 11.0. The number of hydrogen-bond donors (Lipinski definition) is 0. The van der Waals surface area contributed by atoms with E-state index in [9.17, 15) is 9.90 Å². The van der Waals surface area contributed by atoms with E-state index in [-0.39, 0.29) is 35.1 Å². The molecular formula is C15H9NaO2. The van der Waals surface area contributed by atoms with E-state index < -0.39 is 5.97 Å². The molecule has 0 saturated heterocycles. The van der Waals surface area contributed by atoms with Crippen molar-refractivity contribution in [2.24, 2.45) is 0 Å². The third-order valence-electron chi connectivity index (χ3n) is 3.01. The van der Waals surface area contributed by atoms with E-state index in [2.05, 4.69) is 0 Å². The first-order valence-corrected chi connectivity index (χ1v) is 5.39. The molecule has 2 nitrogen and oxygen atoms in total. The number of aromatic carboxylic acids is 1. The van der Waals surface area contributed by atoms with E-state index in [1.807, 2.05) is 42.5 Å². The molecule has 0 aliphatic rings. The fourth-order valence-corrected chi connectivity index (χ4v) is 2.22. The average molecular weight is 244 g/mol. The van der Waals surface area contributed by atoms with Crippen molar-refractivity contribution in [2.45, 2.75) is 0 Å². The molecular weight excluding hydrogens is 235 g/mol. The number of hydrogen-bond acceptors (Lipinski definition) is 2. The molecule has 0 saturated carbocycles. The Kier molecular flexibility index (Phi) is 3.71. The van der Waals surface area contributed by atoms with Gasteiger partial charge < -0.3 is 9.90 Å². The Labute approximate surface area is 127 Å². The smallest absolute Gasteiger partial charge is 0.545 e. The summed E-state index contributed by atoms with van der Waals surface area (Å²) in [7, 11) is 0. The summed E-state index contributed by atoms with van der Waals surface area (Å²) in [6.07, 6.45) is 0. The van der Waals surface area contributed by atoms with Crippen LogP contribution >= 0.6 is 0 Å². The molecule has 3 heteroatoms. The summed E-state index contributed by atoms with van der Waals surface area (Å²) >= 11 is 0. The first-order chi connectivity index (χ1) is 8.27. The van der Waals surface area contributed by atoms with Crippen LogP contribution in [0, 0.1) is 0 Å². The standard InChI is InChI=1S/C15H10O2.Na/c16-15(17)14-7-3-6-12-11-5-2-1-4-10(11)8-9-13(12)14;/h1-9H,(H,16,17);/q;+1/p-1. The Morgan fingerprint density at radius 3 is 2.28 bits per heavy atom. The van der Waals surface area contributed by atoms with E-state index in [0.29, 0.717) is 0 Å². The number of carbonyl (C=O) groups excluding carboxylic acids is 1. The molecule has 0 amide bonds. The monoisotopic (exact) mass is 244 g/mol. The number of carbonyl (C=O) groups is 1. The van der Waals surface area contributed by atoms with Crippen molar-refractivity contribution < 1.29 is 39.5 Å². The Balaban J connectivity index is 0.00000120. The van der Waals surface area contributed by atoms with Gasteiger partial charge in [0.2, 0.25) is 0 Å². The van der Waals surface area contributed by atoms with Crippen LogP contribution in [0.1, 0.15) is 10.4 Å². The normalized spacial score (nSPS) is 10.2. The molecule has 0 aliphatic carbocycles. The van der Waals surface area contributed by atoms with Crippen LogP contribution in [0.3, 0.4) is 0 Å². The summed E-state index contributed by atoms with van der Waals surface area (Å²) < 4.78 is 0. The van der Waals surface area contributed by atoms with E-state index in [1.165, 1.54) is 0 Å². The van der Waals surface area contributed by atoms with E-state index in [0.717, 1.165) is 21.5 Å². The van der Waals surface area contributed by atoms with Crippen molar-refractivity contribution in [3.05, 3.63) is 60.2 Å². The zero-order chi connectivity index (χ0) is 11.8. The van der Waals surface area contributed by atoms with Gasteiger partial charge in [-0.2, -0.15) is 0 Å². The van der Waals surface area contributed by atoms with Crippen LogP contribution in [0.4, 0.5) is 0 Å². The zero-order valence-corrected chi connectivity index (χ0v) is 12.0. The first-order valence-electron chi connectivity index (χ1n) is 5.39. The second kappa shape index (κ2) is 5.11. The van der Waals surface area contributed by atoms with Crippen molar-refractivity contribution in [3.8, 4) is 0 Å². The molecule has 0 radical (unpaired) electrons. The van der Waals surface area contributed by atoms with Crippen molar-refractivity contribution in [1.82, 2.24) is 0 Å². The fourth-order valence-electron chi connectivity index (χ4n) is 2.22. The molecule has 0 atom stereocenters. The summed E-state index contributed by atoms with van der Waals surface area (Å²) in [5.74, 6) is -1.13.